The molecule has 102 valence electrons. The normalized spacial score (nSPS) is 10.9. The lowest BCUT2D eigenvalue weighted by molar-refractivity contribution is 0.629. The second-order valence-electron chi connectivity index (χ2n) is 4.36. The standard InChI is InChI=1S/C15H10Cl2FNS/c16-12-5-10(6-13(17)15(12)18)19-7-9-8-20-14-4-2-1-3-11(9)14/h1-6,8,19H,7H2. The van der Waals surface area contributed by atoms with E-state index < -0.39 is 5.82 Å². The van der Waals surface area contributed by atoms with Crippen molar-refractivity contribution in [3.8, 4) is 0 Å². The van der Waals surface area contributed by atoms with E-state index in [2.05, 4.69) is 22.8 Å². The summed E-state index contributed by atoms with van der Waals surface area (Å²) in [7, 11) is 0. The summed E-state index contributed by atoms with van der Waals surface area (Å²) in [4.78, 5) is 0. The van der Waals surface area contributed by atoms with E-state index in [0.29, 0.717) is 12.2 Å². The Hall–Kier alpha value is -1.29. The van der Waals surface area contributed by atoms with E-state index in [9.17, 15) is 4.39 Å². The molecule has 3 aromatic rings. The second-order valence-corrected chi connectivity index (χ2v) is 6.09. The molecular formula is C15H10Cl2FNS. The van der Waals surface area contributed by atoms with Crippen molar-refractivity contribution in [3.63, 3.8) is 0 Å². The SMILES string of the molecule is Fc1c(Cl)cc(NCc2csc3ccccc23)cc1Cl. The number of nitrogens with one attached hydrogen (secondary N) is 1. The van der Waals surface area contributed by atoms with Gasteiger partial charge in [0.2, 0.25) is 0 Å². The van der Waals surface area contributed by atoms with E-state index in [0.717, 1.165) is 0 Å². The fourth-order valence-corrected chi connectivity index (χ4v) is 3.47. The highest BCUT2D eigenvalue weighted by Crippen LogP contribution is 2.29. The van der Waals surface area contributed by atoms with Crippen LogP contribution < -0.4 is 5.32 Å². The van der Waals surface area contributed by atoms with Crippen molar-refractivity contribution in [2.24, 2.45) is 0 Å². The molecular weight excluding hydrogens is 316 g/mol. The lowest BCUT2D eigenvalue weighted by atomic mass is 10.2. The number of rotatable bonds is 3. The van der Waals surface area contributed by atoms with Crippen molar-refractivity contribution in [3.05, 3.63) is 63.2 Å². The molecule has 1 aromatic heterocycles. The largest absolute Gasteiger partial charge is 0.381 e. The lowest BCUT2D eigenvalue weighted by Gasteiger charge is -2.08. The van der Waals surface area contributed by atoms with Crippen molar-refractivity contribution in [2.45, 2.75) is 6.54 Å². The minimum Gasteiger partial charge on any atom is -0.381 e. The van der Waals surface area contributed by atoms with Crippen LogP contribution in [0.4, 0.5) is 10.1 Å². The first-order valence-electron chi connectivity index (χ1n) is 5.98. The van der Waals surface area contributed by atoms with Gasteiger partial charge in [-0.2, -0.15) is 0 Å². The number of hydrogen-bond donors (Lipinski definition) is 1. The third-order valence-electron chi connectivity index (χ3n) is 3.03. The Bertz CT molecular complexity index is 746. The van der Waals surface area contributed by atoms with Gasteiger partial charge < -0.3 is 5.32 Å². The van der Waals surface area contributed by atoms with Crippen LogP contribution in [0.1, 0.15) is 5.56 Å². The van der Waals surface area contributed by atoms with E-state index in [1.165, 1.54) is 27.8 Å². The number of hydrogen-bond acceptors (Lipinski definition) is 2. The molecule has 0 aliphatic heterocycles. The Kier molecular flexibility index (Phi) is 3.83. The molecule has 5 heteroatoms. The summed E-state index contributed by atoms with van der Waals surface area (Å²) in [6.07, 6.45) is 0. The van der Waals surface area contributed by atoms with Gasteiger partial charge in [-0.3, -0.25) is 0 Å². The van der Waals surface area contributed by atoms with Gasteiger partial charge in [0.15, 0.2) is 5.82 Å². The topological polar surface area (TPSA) is 12.0 Å². The van der Waals surface area contributed by atoms with E-state index in [4.69, 9.17) is 23.2 Å². The fourth-order valence-electron chi connectivity index (χ4n) is 2.02. The summed E-state index contributed by atoms with van der Waals surface area (Å²) in [5.41, 5.74) is 1.90. The maximum atomic E-state index is 13.3. The molecule has 0 aliphatic rings. The van der Waals surface area contributed by atoms with Gasteiger partial charge in [0.25, 0.3) is 0 Å². The highest BCUT2D eigenvalue weighted by atomic mass is 35.5. The van der Waals surface area contributed by atoms with Crippen LogP contribution in [0, 0.1) is 5.82 Å². The Morgan fingerprint density at radius 1 is 1.10 bits per heavy atom. The van der Waals surface area contributed by atoms with Gasteiger partial charge in [-0.25, -0.2) is 4.39 Å². The summed E-state index contributed by atoms with van der Waals surface area (Å²) in [6.45, 7) is 0.641. The van der Waals surface area contributed by atoms with Crippen molar-refractivity contribution >= 4 is 50.3 Å². The first kappa shape index (κ1) is 13.7. The molecule has 1 nitrogen and oxygen atoms in total. The van der Waals surface area contributed by atoms with Gasteiger partial charge >= 0.3 is 0 Å². The summed E-state index contributed by atoms with van der Waals surface area (Å²) >= 11 is 13.3. The monoisotopic (exact) mass is 325 g/mol. The summed E-state index contributed by atoms with van der Waals surface area (Å²) in [5, 5.41) is 6.61. The maximum Gasteiger partial charge on any atom is 0.160 e. The van der Waals surface area contributed by atoms with Crippen LogP contribution >= 0.6 is 34.5 Å². The summed E-state index contributed by atoms with van der Waals surface area (Å²) < 4.78 is 14.6. The third-order valence-corrected chi connectivity index (χ3v) is 4.59. The Morgan fingerprint density at radius 3 is 2.55 bits per heavy atom. The van der Waals surface area contributed by atoms with Gasteiger partial charge in [-0.1, -0.05) is 41.4 Å². The van der Waals surface area contributed by atoms with Crippen LogP contribution in [0.5, 0.6) is 0 Å². The predicted octanol–water partition coefficient (Wildman–Crippen LogP) is 5.96. The average molecular weight is 326 g/mol. The van der Waals surface area contributed by atoms with Crippen LogP contribution in [0.15, 0.2) is 41.8 Å². The fraction of sp³-hybridized carbons (Fsp3) is 0.0667. The number of halogens is 3. The Morgan fingerprint density at radius 2 is 1.80 bits per heavy atom. The van der Waals surface area contributed by atoms with Crippen LogP contribution in [0.25, 0.3) is 10.1 Å². The van der Waals surface area contributed by atoms with Crippen LogP contribution in [0.3, 0.4) is 0 Å². The van der Waals surface area contributed by atoms with Crippen LogP contribution in [-0.2, 0) is 6.54 Å². The highest BCUT2D eigenvalue weighted by Gasteiger charge is 2.08. The first-order chi connectivity index (χ1) is 9.65. The molecule has 0 radical (unpaired) electrons. The molecule has 2 aromatic carbocycles. The van der Waals surface area contributed by atoms with Crippen molar-refractivity contribution in [1.29, 1.82) is 0 Å². The van der Waals surface area contributed by atoms with Crippen molar-refractivity contribution in [1.82, 2.24) is 0 Å². The smallest absolute Gasteiger partial charge is 0.160 e. The Balaban J connectivity index is 1.83. The van der Waals surface area contributed by atoms with Gasteiger partial charge in [0.05, 0.1) is 10.0 Å². The summed E-state index contributed by atoms with van der Waals surface area (Å²) in [5.74, 6) is -0.583. The molecule has 3 rings (SSSR count). The minimum atomic E-state index is -0.583. The molecule has 0 amide bonds. The van der Waals surface area contributed by atoms with Crippen LogP contribution in [-0.4, -0.2) is 0 Å². The molecule has 0 spiro atoms. The van der Waals surface area contributed by atoms with Gasteiger partial charge in [-0.15, -0.1) is 11.3 Å². The number of anilines is 1. The molecule has 0 saturated heterocycles. The molecule has 1 N–H and O–H groups in total. The van der Waals surface area contributed by atoms with E-state index in [-0.39, 0.29) is 10.0 Å². The molecule has 0 aliphatic carbocycles. The van der Waals surface area contributed by atoms with E-state index in [1.807, 2.05) is 12.1 Å². The van der Waals surface area contributed by atoms with Crippen LogP contribution in [0.2, 0.25) is 10.0 Å². The molecule has 0 saturated carbocycles. The number of benzene rings is 2. The molecule has 20 heavy (non-hydrogen) atoms. The predicted molar refractivity (Wildman–Crippen MR) is 85.6 cm³/mol. The van der Waals surface area contributed by atoms with Crippen molar-refractivity contribution in [2.75, 3.05) is 5.32 Å². The second kappa shape index (κ2) is 5.60. The highest BCUT2D eigenvalue weighted by molar-refractivity contribution is 7.17. The molecule has 0 fully saturated rings. The number of fused-ring (bicyclic) bond motifs is 1. The van der Waals surface area contributed by atoms with E-state index in [1.54, 1.807) is 11.3 Å². The average Bonchev–Trinajstić information content (AvgIpc) is 2.85. The van der Waals surface area contributed by atoms with Gasteiger partial charge in [-0.05, 0) is 34.5 Å². The van der Waals surface area contributed by atoms with Gasteiger partial charge in [0.1, 0.15) is 0 Å². The lowest BCUT2D eigenvalue weighted by Crippen LogP contribution is -1.99. The molecule has 1 heterocycles. The molecule has 0 atom stereocenters. The summed E-state index contributed by atoms with van der Waals surface area (Å²) in [6, 6.07) is 11.3. The van der Waals surface area contributed by atoms with Gasteiger partial charge in [0, 0.05) is 16.9 Å². The quantitative estimate of drug-likeness (QED) is 0.586. The first-order valence-corrected chi connectivity index (χ1v) is 7.62. The zero-order chi connectivity index (χ0) is 14.1. The maximum absolute atomic E-state index is 13.3. The zero-order valence-corrected chi connectivity index (χ0v) is 12.6. The zero-order valence-electron chi connectivity index (χ0n) is 10.3. The Labute approximate surface area is 129 Å². The third kappa shape index (κ3) is 2.62. The van der Waals surface area contributed by atoms with E-state index >= 15 is 0 Å². The molecule has 0 bridgehead atoms. The molecule has 0 unspecified atom stereocenters. The van der Waals surface area contributed by atoms with Crippen molar-refractivity contribution < 1.29 is 4.39 Å². The number of thiophene rings is 1. The minimum absolute atomic E-state index is 0.0233.